The van der Waals surface area contributed by atoms with E-state index in [0.717, 1.165) is 0 Å². The van der Waals surface area contributed by atoms with Gasteiger partial charge in [-0.25, -0.2) is 4.39 Å². The van der Waals surface area contributed by atoms with Gasteiger partial charge in [0.25, 0.3) is 18.0 Å². The predicted octanol–water partition coefficient (Wildman–Crippen LogP) is 0.941. The molecule has 2 amide bonds. The minimum Gasteiger partial charge on any atom is -0.349 e. The van der Waals surface area contributed by atoms with Gasteiger partial charge in [0.15, 0.2) is 0 Å². The molecule has 2 atom stereocenters. The van der Waals surface area contributed by atoms with E-state index in [0.29, 0.717) is 12.8 Å². The van der Waals surface area contributed by atoms with E-state index in [2.05, 4.69) is 10.6 Å². The highest BCUT2D eigenvalue weighted by molar-refractivity contribution is 6.03. The molecule has 0 aliphatic rings. The zero-order valence-electron chi connectivity index (χ0n) is 11.6. The minimum absolute atomic E-state index is 0.0581. The maximum atomic E-state index is 13.7. The van der Waals surface area contributed by atoms with Crippen LogP contribution in [0.1, 0.15) is 39.5 Å². The molecule has 0 heterocycles. The summed E-state index contributed by atoms with van der Waals surface area (Å²) in [5.74, 6) is -2.12. The number of nitrogens with one attached hydrogen (secondary N) is 2. The van der Waals surface area contributed by atoms with Crippen LogP contribution in [-0.4, -0.2) is 30.1 Å². The second-order valence-corrected chi connectivity index (χ2v) is 4.31. The van der Waals surface area contributed by atoms with Crippen molar-refractivity contribution in [2.24, 2.45) is 0 Å². The Bertz CT molecular complexity index is 376. The summed E-state index contributed by atoms with van der Waals surface area (Å²) in [6.07, 6.45) is -1.28. The van der Waals surface area contributed by atoms with Crippen molar-refractivity contribution in [2.45, 2.75) is 57.8 Å². The molecule has 0 aliphatic carbocycles. The number of rotatable bonds is 8. The highest BCUT2D eigenvalue weighted by atomic mass is 19.1. The summed E-state index contributed by atoms with van der Waals surface area (Å²) in [6.45, 7) is 3.49. The third-order valence-corrected chi connectivity index (χ3v) is 2.81. The van der Waals surface area contributed by atoms with Crippen molar-refractivity contribution >= 4 is 11.8 Å². The topological polar surface area (TPSA) is 106 Å². The first-order valence-corrected chi connectivity index (χ1v) is 6.48. The number of carbonyl (C=O) groups excluding carboxylic acids is 2. The molecule has 0 rings (SSSR count). The predicted molar refractivity (Wildman–Crippen MR) is 69.8 cm³/mol. The van der Waals surface area contributed by atoms with Crippen LogP contribution in [-0.2, 0) is 9.59 Å². The lowest BCUT2D eigenvalue weighted by atomic mass is 10.1. The second kappa shape index (κ2) is 9.74. The van der Waals surface area contributed by atoms with Crippen LogP contribution < -0.4 is 10.6 Å². The summed E-state index contributed by atoms with van der Waals surface area (Å²) in [4.78, 5) is 23.1. The van der Waals surface area contributed by atoms with Gasteiger partial charge in [-0.05, 0) is 12.8 Å². The molecule has 20 heavy (non-hydrogen) atoms. The van der Waals surface area contributed by atoms with E-state index in [-0.39, 0.29) is 12.8 Å². The van der Waals surface area contributed by atoms with Crippen LogP contribution in [0.25, 0.3) is 0 Å². The maximum absolute atomic E-state index is 13.7. The molecule has 0 fully saturated rings. The first-order chi connectivity index (χ1) is 9.49. The lowest BCUT2D eigenvalue weighted by Gasteiger charge is -2.18. The molecule has 7 heteroatoms. The van der Waals surface area contributed by atoms with Gasteiger partial charge in [0.05, 0.1) is 25.0 Å². The van der Waals surface area contributed by atoms with Gasteiger partial charge in [0.2, 0.25) is 0 Å². The van der Waals surface area contributed by atoms with E-state index in [9.17, 15) is 14.0 Å². The Morgan fingerprint density at radius 2 is 1.35 bits per heavy atom. The summed E-state index contributed by atoms with van der Waals surface area (Å²) >= 11 is 0. The van der Waals surface area contributed by atoms with Crippen molar-refractivity contribution in [3.05, 3.63) is 0 Å². The smallest absolute Gasteiger partial charge is 0.264 e. The number of nitrogens with zero attached hydrogens (tertiary/aromatic N) is 2. The van der Waals surface area contributed by atoms with E-state index in [1.807, 2.05) is 12.1 Å². The van der Waals surface area contributed by atoms with Crippen molar-refractivity contribution < 1.29 is 14.0 Å². The Kier molecular flexibility index (Phi) is 8.69. The number of nitriles is 2. The number of carbonyl (C=O) groups is 2. The molecule has 2 unspecified atom stereocenters. The van der Waals surface area contributed by atoms with Gasteiger partial charge in [0.1, 0.15) is 0 Å². The molecule has 0 radical (unpaired) electrons. The van der Waals surface area contributed by atoms with Gasteiger partial charge >= 0.3 is 0 Å². The van der Waals surface area contributed by atoms with Gasteiger partial charge in [-0.3, -0.25) is 9.59 Å². The van der Waals surface area contributed by atoms with Crippen LogP contribution >= 0.6 is 0 Å². The van der Waals surface area contributed by atoms with Gasteiger partial charge in [-0.15, -0.1) is 0 Å². The summed E-state index contributed by atoms with van der Waals surface area (Å²) in [5, 5.41) is 21.7. The number of hydrogen-bond donors (Lipinski definition) is 2. The second-order valence-electron chi connectivity index (χ2n) is 4.31. The number of hydrogen-bond acceptors (Lipinski definition) is 4. The molecule has 0 bridgehead atoms. The molecular formula is C13H19FN4O2. The van der Waals surface area contributed by atoms with Crippen LogP contribution in [0.5, 0.6) is 0 Å². The van der Waals surface area contributed by atoms with Crippen molar-refractivity contribution in [2.75, 3.05) is 0 Å². The first kappa shape index (κ1) is 17.8. The molecule has 2 N–H and O–H groups in total. The van der Waals surface area contributed by atoms with Crippen LogP contribution in [0.2, 0.25) is 0 Å². The van der Waals surface area contributed by atoms with Crippen molar-refractivity contribution in [1.82, 2.24) is 10.6 Å². The molecule has 110 valence electrons. The van der Waals surface area contributed by atoms with Crippen molar-refractivity contribution in [1.29, 1.82) is 10.5 Å². The van der Waals surface area contributed by atoms with Gasteiger partial charge in [-0.1, -0.05) is 13.8 Å². The van der Waals surface area contributed by atoms with Crippen molar-refractivity contribution in [3.63, 3.8) is 0 Å². The van der Waals surface area contributed by atoms with E-state index < -0.39 is 30.1 Å². The summed E-state index contributed by atoms with van der Waals surface area (Å²) < 4.78 is 13.7. The molecule has 0 aromatic heterocycles. The van der Waals surface area contributed by atoms with E-state index >= 15 is 0 Å². The Morgan fingerprint density at radius 1 is 1.00 bits per heavy atom. The third kappa shape index (κ3) is 6.14. The highest BCUT2D eigenvalue weighted by Gasteiger charge is 2.28. The fourth-order valence-corrected chi connectivity index (χ4v) is 1.48. The molecule has 0 aromatic rings. The zero-order valence-corrected chi connectivity index (χ0v) is 11.6. The summed E-state index contributed by atoms with van der Waals surface area (Å²) in [5.41, 5.74) is 0. The molecule has 0 spiro atoms. The van der Waals surface area contributed by atoms with E-state index in [1.165, 1.54) is 0 Å². The van der Waals surface area contributed by atoms with E-state index in [1.54, 1.807) is 13.8 Å². The maximum Gasteiger partial charge on any atom is 0.264 e. The molecule has 0 aliphatic heterocycles. The van der Waals surface area contributed by atoms with Crippen LogP contribution in [0, 0.1) is 22.7 Å². The Balaban J connectivity index is 4.46. The number of halogens is 1. The summed E-state index contributed by atoms with van der Waals surface area (Å²) in [7, 11) is 0. The van der Waals surface area contributed by atoms with Crippen LogP contribution in [0.4, 0.5) is 4.39 Å². The van der Waals surface area contributed by atoms with Crippen LogP contribution in [0.15, 0.2) is 0 Å². The van der Waals surface area contributed by atoms with E-state index in [4.69, 9.17) is 10.5 Å². The fraction of sp³-hybridized carbons (Fsp3) is 0.692. The van der Waals surface area contributed by atoms with Gasteiger partial charge < -0.3 is 10.6 Å². The quantitative estimate of drug-likeness (QED) is 0.646. The molecule has 0 saturated heterocycles. The van der Waals surface area contributed by atoms with Crippen LogP contribution in [0.3, 0.4) is 0 Å². The third-order valence-electron chi connectivity index (χ3n) is 2.81. The summed E-state index contributed by atoms with van der Waals surface area (Å²) in [6, 6.07) is 2.81. The van der Waals surface area contributed by atoms with Gasteiger partial charge in [-0.2, -0.15) is 10.5 Å². The fourth-order valence-electron chi connectivity index (χ4n) is 1.48. The zero-order chi connectivity index (χ0) is 15.5. The molecule has 0 saturated carbocycles. The number of amides is 2. The molecular weight excluding hydrogens is 263 g/mol. The average Bonchev–Trinajstić information content (AvgIpc) is 2.44. The first-order valence-electron chi connectivity index (χ1n) is 6.48. The monoisotopic (exact) mass is 282 g/mol. The minimum atomic E-state index is -2.34. The normalized spacial score (nSPS) is 14.2. The Hall–Kier alpha value is -2.15. The standard InChI is InChI=1S/C13H19FN4O2/c1-3-9(5-7-15)17-12(19)11(14)13(20)18-10(4-2)6-8-16/h9-11H,3-6H2,1-2H3,(H,17,19)(H,18,20). The Morgan fingerprint density at radius 3 is 1.60 bits per heavy atom. The lowest BCUT2D eigenvalue weighted by Crippen LogP contribution is -2.48. The molecule has 6 nitrogen and oxygen atoms in total. The Labute approximate surface area is 117 Å². The largest absolute Gasteiger partial charge is 0.349 e. The average molecular weight is 282 g/mol. The molecule has 0 aromatic carbocycles. The van der Waals surface area contributed by atoms with Crippen molar-refractivity contribution in [3.8, 4) is 12.1 Å². The SMILES string of the molecule is CCC(CC#N)NC(=O)C(F)C(=O)NC(CC)CC#N. The number of alkyl halides is 1. The highest BCUT2D eigenvalue weighted by Crippen LogP contribution is 2.02. The lowest BCUT2D eigenvalue weighted by molar-refractivity contribution is -0.137. The van der Waals surface area contributed by atoms with Gasteiger partial charge in [0, 0.05) is 12.1 Å².